The fourth-order valence-electron chi connectivity index (χ4n) is 3.14. The van der Waals surface area contributed by atoms with Crippen molar-refractivity contribution in [3.8, 4) is 0 Å². The Hall–Kier alpha value is -0.700. The smallest absolute Gasteiger partial charge is 0.322 e. The van der Waals surface area contributed by atoms with Gasteiger partial charge >= 0.3 is 5.97 Å². The van der Waals surface area contributed by atoms with E-state index in [2.05, 4.69) is 4.90 Å². The molecule has 2 saturated heterocycles. The Balaban J connectivity index is 2.18. The van der Waals surface area contributed by atoms with E-state index in [-0.39, 0.29) is 6.04 Å². The molecule has 0 aliphatic carbocycles. The van der Waals surface area contributed by atoms with Crippen LogP contribution in [0.1, 0.15) is 32.6 Å². The van der Waals surface area contributed by atoms with E-state index in [9.17, 15) is 18.3 Å². The number of hydrogen-bond donors (Lipinski definition) is 1. The summed E-state index contributed by atoms with van der Waals surface area (Å²) < 4.78 is 28.2. The van der Waals surface area contributed by atoms with Crippen LogP contribution in [0.4, 0.5) is 0 Å². The van der Waals surface area contributed by atoms with Gasteiger partial charge in [-0.3, -0.25) is 4.79 Å². The van der Waals surface area contributed by atoms with E-state index >= 15 is 0 Å². The van der Waals surface area contributed by atoms with Gasteiger partial charge in [-0.2, -0.15) is 17.0 Å². The van der Waals surface area contributed by atoms with Crippen LogP contribution in [0.15, 0.2) is 0 Å². The molecule has 2 heterocycles. The molecule has 8 heteroatoms. The molecule has 7 nitrogen and oxygen atoms in total. The van der Waals surface area contributed by atoms with Gasteiger partial charge in [0, 0.05) is 32.2 Å². The first-order valence-electron chi connectivity index (χ1n) is 7.58. The summed E-state index contributed by atoms with van der Waals surface area (Å²) in [6, 6.07) is -0.718. The molecule has 2 unspecified atom stereocenters. The normalized spacial score (nSPS) is 30.4. The van der Waals surface area contributed by atoms with E-state index in [1.807, 2.05) is 14.0 Å². The van der Waals surface area contributed by atoms with Crippen LogP contribution in [-0.2, 0) is 15.0 Å². The van der Waals surface area contributed by atoms with Crippen molar-refractivity contribution in [2.24, 2.45) is 0 Å². The molecular formula is C13H25N3O4S. The summed E-state index contributed by atoms with van der Waals surface area (Å²) in [5, 5.41) is 9.28. The lowest BCUT2D eigenvalue weighted by atomic mass is 10.1. The van der Waals surface area contributed by atoms with E-state index in [1.165, 1.54) is 8.61 Å². The summed E-state index contributed by atoms with van der Waals surface area (Å²) in [5.74, 6) is -1.04. The Morgan fingerprint density at radius 1 is 1.24 bits per heavy atom. The third kappa shape index (κ3) is 3.39. The van der Waals surface area contributed by atoms with E-state index in [4.69, 9.17) is 0 Å². The lowest BCUT2D eigenvalue weighted by Gasteiger charge is -2.42. The van der Waals surface area contributed by atoms with Crippen molar-refractivity contribution >= 4 is 16.2 Å². The van der Waals surface area contributed by atoms with Crippen LogP contribution >= 0.6 is 0 Å². The first kappa shape index (κ1) is 16.7. The minimum atomic E-state index is -3.69. The van der Waals surface area contributed by atoms with Crippen LogP contribution in [0.2, 0.25) is 0 Å². The summed E-state index contributed by atoms with van der Waals surface area (Å²) >= 11 is 0. The summed E-state index contributed by atoms with van der Waals surface area (Å²) in [7, 11) is -1.69. The number of hydrogen-bond acceptors (Lipinski definition) is 4. The Kier molecular flexibility index (Phi) is 5.24. The molecule has 2 atom stereocenters. The van der Waals surface area contributed by atoms with Gasteiger partial charge in [-0.05, 0) is 32.7 Å². The second-order valence-corrected chi connectivity index (χ2v) is 7.75. The lowest BCUT2D eigenvalue weighted by molar-refractivity contribution is -0.142. The van der Waals surface area contributed by atoms with Gasteiger partial charge in [0.1, 0.15) is 6.04 Å². The van der Waals surface area contributed by atoms with Crippen LogP contribution in [0, 0.1) is 0 Å². The SMILES string of the molecule is CCC1CN(S(=O)(=O)N2CCCCC2C(=O)O)CCN1C. The maximum absolute atomic E-state index is 12.8. The molecular weight excluding hydrogens is 294 g/mol. The molecule has 1 N–H and O–H groups in total. The minimum Gasteiger partial charge on any atom is -0.480 e. The molecule has 21 heavy (non-hydrogen) atoms. The number of carbonyl (C=O) groups is 1. The molecule has 2 fully saturated rings. The Bertz CT molecular complexity index is 482. The summed E-state index contributed by atoms with van der Waals surface area (Å²) in [4.78, 5) is 13.5. The number of piperidine rings is 1. The Morgan fingerprint density at radius 2 is 1.95 bits per heavy atom. The second-order valence-electron chi connectivity index (χ2n) is 5.87. The number of likely N-dealkylation sites (N-methyl/N-ethyl adjacent to an activating group) is 1. The standard InChI is InChI=1S/C13H25N3O4S/c1-3-11-10-15(9-8-14(11)2)21(19,20)16-7-5-4-6-12(16)13(17)18/h11-12H,3-10H2,1-2H3,(H,17,18). The molecule has 0 spiro atoms. The van der Waals surface area contributed by atoms with Gasteiger partial charge in [0.25, 0.3) is 10.2 Å². The van der Waals surface area contributed by atoms with Crippen molar-refractivity contribution in [2.45, 2.75) is 44.7 Å². The van der Waals surface area contributed by atoms with Gasteiger partial charge in [-0.25, -0.2) is 0 Å². The summed E-state index contributed by atoms with van der Waals surface area (Å²) in [5.41, 5.74) is 0. The number of carboxylic acids is 1. The highest BCUT2D eigenvalue weighted by atomic mass is 32.2. The van der Waals surface area contributed by atoms with E-state index in [1.54, 1.807) is 0 Å². The third-order valence-electron chi connectivity index (χ3n) is 4.57. The largest absolute Gasteiger partial charge is 0.480 e. The van der Waals surface area contributed by atoms with Crippen molar-refractivity contribution in [3.05, 3.63) is 0 Å². The van der Waals surface area contributed by atoms with E-state index in [0.29, 0.717) is 32.6 Å². The zero-order chi connectivity index (χ0) is 15.6. The quantitative estimate of drug-likeness (QED) is 0.800. The molecule has 122 valence electrons. The lowest BCUT2D eigenvalue weighted by Crippen LogP contribution is -2.59. The molecule has 0 amide bonds. The molecule has 2 aliphatic rings. The van der Waals surface area contributed by atoms with Gasteiger partial charge in [0.05, 0.1) is 0 Å². The van der Waals surface area contributed by atoms with Crippen molar-refractivity contribution in [1.29, 1.82) is 0 Å². The van der Waals surface area contributed by atoms with Crippen LogP contribution in [0.25, 0.3) is 0 Å². The molecule has 0 aromatic rings. The molecule has 0 radical (unpaired) electrons. The molecule has 0 bridgehead atoms. The fraction of sp³-hybridized carbons (Fsp3) is 0.923. The van der Waals surface area contributed by atoms with Crippen molar-refractivity contribution < 1.29 is 18.3 Å². The van der Waals surface area contributed by atoms with Gasteiger partial charge < -0.3 is 10.0 Å². The predicted molar refractivity (Wildman–Crippen MR) is 79.2 cm³/mol. The first-order chi connectivity index (χ1) is 9.87. The zero-order valence-corrected chi connectivity index (χ0v) is 13.5. The Morgan fingerprint density at radius 3 is 2.57 bits per heavy atom. The molecule has 0 saturated carbocycles. The number of piperazine rings is 1. The number of rotatable bonds is 4. The summed E-state index contributed by atoms with van der Waals surface area (Å²) in [6.07, 6.45) is 2.78. The molecule has 0 aromatic heterocycles. The number of nitrogens with zero attached hydrogens (tertiary/aromatic N) is 3. The van der Waals surface area contributed by atoms with Crippen LogP contribution in [0.3, 0.4) is 0 Å². The highest BCUT2D eigenvalue weighted by Crippen LogP contribution is 2.25. The van der Waals surface area contributed by atoms with Crippen molar-refractivity contribution in [3.63, 3.8) is 0 Å². The van der Waals surface area contributed by atoms with E-state index in [0.717, 1.165) is 19.3 Å². The van der Waals surface area contributed by atoms with Gasteiger partial charge in [-0.15, -0.1) is 0 Å². The third-order valence-corrected chi connectivity index (χ3v) is 6.59. The maximum Gasteiger partial charge on any atom is 0.322 e. The topological polar surface area (TPSA) is 81.2 Å². The van der Waals surface area contributed by atoms with Gasteiger partial charge in [0.15, 0.2) is 0 Å². The highest BCUT2D eigenvalue weighted by Gasteiger charge is 2.41. The van der Waals surface area contributed by atoms with Gasteiger partial charge in [0.2, 0.25) is 0 Å². The van der Waals surface area contributed by atoms with Crippen molar-refractivity contribution in [2.75, 3.05) is 33.2 Å². The maximum atomic E-state index is 12.8. The minimum absolute atomic E-state index is 0.196. The number of carboxylic acid groups (broad SMARTS) is 1. The average molecular weight is 319 g/mol. The van der Waals surface area contributed by atoms with E-state index < -0.39 is 22.2 Å². The molecule has 2 aliphatic heterocycles. The fourth-order valence-corrected chi connectivity index (χ4v) is 4.99. The highest BCUT2D eigenvalue weighted by molar-refractivity contribution is 7.86. The monoisotopic (exact) mass is 319 g/mol. The first-order valence-corrected chi connectivity index (χ1v) is 8.97. The summed E-state index contributed by atoms with van der Waals surface area (Å²) in [6.45, 7) is 3.90. The van der Waals surface area contributed by atoms with Crippen LogP contribution < -0.4 is 0 Å². The predicted octanol–water partition coefficient (Wildman–Crippen LogP) is 0.196. The average Bonchev–Trinajstić information content (AvgIpc) is 2.47. The van der Waals surface area contributed by atoms with Crippen molar-refractivity contribution in [1.82, 2.24) is 13.5 Å². The molecule has 2 rings (SSSR count). The van der Waals surface area contributed by atoms with Crippen LogP contribution in [0.5, 0.6) is 0 Å². The Labute approximate surface area is 126 Å². The number of aliphatic carboxylic acids is 1. The molecule has 0 aromatic carbocycles. The van der Waals surface area contributed by atoms with Gasteiger partial charge in [-0.1, -0.05) is 6.92 Å². The second kappa shape index (κ2) is 6.60. The zero-order valence-electron chi connectivity index (χ0n) is 12.7. The van der Waals surface area contributed by atoms with Crippen LogP contribution in [-0.4, -0.2) is 78.3 Å².